The van der Waals surface area contributed by atoms with Crippen molar-refractivity contribution in [3.63, 3.8) is 0 Å². The third-order valence-electron chi connectivity index (χ3n) is 6.62. The van der Waals surface area contributed by atoms with Crippen LogP contribution in [-0.4, -0.2) is 33.3 Å². The van der Waals surface area contributed by atoms with Gasteiger partial charge in [0.2, 0.25) is 5.91 Å². The Labute approximate surface area is 178 Å². The summed E-state index contributed by atoms with van der Waals surface area (Å²) in [4.78, 5) is 33.0. The number of aromatic nitrogens is 1. The van der Waals surface area contributed by atoms with Crippen LogP contribution in [0.5, 0.6) is 0 Å². The van der Waals surface area contributed by atoms with Crippen LogP contribution in [0.3, 0.4) is 0 Å². The summed E-state index contributed by atoms with van der Waals surface area (Å²) in [5.41, 5.74) is 1.64. The minimum absolute atomic E-state index is 0.0418. The number of amides is 2. The lowest BCUT2D eigenvalue weighted by molar-refractivity contribution is -0.132. The second-order valence-electron chi connectivity index (χ2n) is 8.88. The highest BCUT2D eigenvalue weighted by atomic mass is 16.2. The summed E-state index contributed by atoms with van der Waals surface area (Å²) in [6.45, 7) is 2.28. The Bertz CT molecular complexity index is 890. The molecule has 2 amide bonds. The van der Waals surface area contributed by atoms with Gasteiger partial charge in [-0.05, 0) is 43.0 Å². The first-order valence-electron chi connectivity index (χ1n) is 11.2. The summed E-state index contributed by atoms with van der Waals surface area (Å²) in [5, 5.41) is 3.32. The fourth-order valence-electron chi connectivity index (χ4n) is 4.78. The van der Waals surface area contributed by atoms with Crippen LogP contribution in [0, 0.1) is 0 Å². The molecular formula is C25H31N3O2. The van der Waals surface area contributed by atoms with E-state index in [1.165, 1.54) is 19.3 Å². The average Bonchev–Trinajstić information content (AvgIpc) is 2.73. The van der Waals surface area contributed by atoms with Crippen molar-refractivity contribution in [1.82, 2.24) is 15.2 Å². The summed E-state index contributed by atoms with van der Waals surface area (Å²) in [5.74, 6) is -0.129. The van der Waals surface area contributed by atoms with Gasteiger partial charge in [-0.2, -0.15) is 0 Å². The van der Waals surface area contributed by atoms with Crippen LogP contribution in [0.1, 0.15) is 73.4 Å². The van der Waals surface area contributed by atoms with Crippen molar-refractivity contribution in [3.8, 4) is 0 Å². The van der Waals surface area contributed by atoms with Gasteiger partial charge in [-0.3, -0.25) is 14.6 Å². The molecule has 1 aliphatic heterocycles. The van der Waals surface area contributed by atoms with Gasteiger partial charge in [0.05, 0.1) is 0 Å². The number of hydrogen-bond acceptors (Lipinski definition) is 3. The van der Waals surface area contributed by atoms with Crippen LogP contribution in [-0.2, 0) is 17.8 Å². The molecule has 1 aliphatic carbocycles. The fraction of sp³-hybridized carbons (Fsp3) is 0.480. The van der Waals surface area contributed by atoms with Crippen LogP contribution in [0.25, 0.3) is 0 Å². The van der Waals surface area contributed by atoms with E-state index >= 15 is 0 Å². The number of rotatable bonds is 4. The predicted octanol–water partition coefficient (Wildman–Crippen LogP) is 4.27. The monoisotopic (exact) mass is 405 g/mol. The Kier molecular flexibility index (Phi) is 6.16. The number of hydrogen-bond donors (Lipinski definition) is 1. The zero-order valence-corrected chi connectivity index (χ0v) is 17.8. The number of fused-ring (bicyclic) bond motifs is 1. The number of pyridine rings is 1. The van der Waals surface area contributed by atoms with Crippen LogP contribution in [0.4, 0.5) is 0 Å². The van der Waals surface area contributed by atoms with E-state index < -0.39 is 5.54 Å². The summed E-state index contributed by atoms with van der Waals surface area (Å²) < 4.78 is 0. The fourth-order valence-corrected chi connectivity index (χ4v) is 4.78. The normalized spacial score (nSPS) is 22.7. The molecule has 1 fully saturated rings. The molecule has 0 saturated heterocycles. The van der Waals surface area contributed by atoms with Crippen molar-refractivity contribution < 1.29 is 9.59 Å². The van der Waals surface area contributed by atoms with Gasteiger partial charge in [-0.1, -0.05) is 56.4 Å². The van der Waals surface area contributed by atoms with Crippen molar-refractivity contribution in [2.45, 2.75) is 76.4 Å². The molecule has 5 heteroatoms. The van der Waals surface area contributed by atoms with Gasteiger partial charge >= 0.3 is 0 Å². The number of nitrogens with zero attached hydrogens (tertiary/aromatic N) is 2. The van der Waals surface area contributed by atoms with Crippen LogP contribution < -0.4 is 5.32 Å². The van der Waals surface area contributed by atoms with Gasteiger partial charge < -0.3 is 10.2 Å². The van der Waals surface area contributed by atoms with Gasteiger partial charge in [0.25, 0.3) is 5.91 Å². The second-order valence-corrected chi connectivity index (χ2v) is 8.88. The number of benzene rings is 1. The lowest BCUT2D eigenvalue weighted by Gasteiger charge is -2.44. The van der Waals surface area contributed by atoms with E-state index in [1.807, 2.05) is 43.3 Å². The van der Waals surface area contributed by atoms with Gasteiger partial charge in [0.15, 0.2) is 0 Å². The van der Waals surface area contributed by atoms with Crippen LogP contribution in [0.15, 0.2) is 48.8 Å². The van der Waals surface area contributed by atoms with Gasteiger partial charge in [-0.15, -0.1) is 0 Å². The first kappa shape index (κ1) is 20.6. The maximum absolute atomic E-state index is 13.6. The molecule has 1 atom stereocenters. The highest BCUT2D eigenvalue weighted by Gasteiger charge is 2.47. The molecule has 1 aromatic carbocycles. The Morgan fingerprint density at radius 2 is 1.83 bits per heavy atom. The zero-order valence-electron chi connectivity index (χ0n) is 17.8. The minimum Gasteiger partial charge on any atom is -0.351 e. The molecule has 0 spiro atoms. The first-order valence-corrected chi connectivity index (χ1v) is 11.2. The highest BCUT2D eigenvalue weighted by molar-refractivity contribution is 6.02. The van der Waals surface area contributed by atoms with E-state index in [0.717, 1.165) is 36.8 Å². The smallest absolute Gasteiger partial charge is 0.255 e. The number of carbonyl (C=O) groups excluding carboxylic acids is 2. The number of carbonyl (C=O) groups is 2. The van der Waals surface area contributed by atoms with Gasteiger partial charge in [0.1, 0.15) is 5.54 Å². The Morgan fingerprint density at radius 3 is 2.57 bits per heavy atom. The topological polar surface area (TPSA) is 62.3 Å². The lowest BCUT2D eigenvalue weighted by Crippen LogP contribution is -2.63. The van der Waals surface area contributed by atoms with Crippen molar-refractivity contribution in [3.05, 3.63) is 65.5 Å². The molecule has 158 valence electrons. The summed E-state index contributed by atoms with van der Waals surface area (Å²) in [7, 11) is 0. The summed E-state index contributed by atoms with van der Waals surface area (Å²) in [6, 6.07) is 11.7. The Hall–Kier alpha value is -2.69. The lowest BCUT2D eigenvalue weighted by atomic mass is 9.82. The highest BCUT2D eigenvalue weighted by Crippen LogP contribution is 2.33. The third-order valence-corrected chi connectivity index (χ3v) is 6.62. The molecule has 0 radical (unpaired) electrons. The van der Waals surface area contributed by atoms with Crippen molar-refractivity contribution >= 4 is 11.8 Å². The largest absolute Gasteiger partial charge is 0.351 e. The molecule has 5 nitrogen and oxygen atoms in total. The molecule has 1 aromatic heterocycles. The van der Waals surface area contributed by atoms with Crippen molar-refractivity contribution in [1.29, 1.82) is 0 Å². The third kappa shape index (κ3) is 4.25. The molecule has 1 saturated carbocycles. The molecule has 1 N–H and O–H groups in total. The molecule has 2 heterocycles. The molecule has 4 rings (SSSR count). The van der Waals surface area contributed by atoms with E-state index in [1.54, 1.807) is 17.3 Å². The Morgan fingerprint density at radius 1 is 1.10 bits per heavy atom. The average molecular weight is 406 g/mol. The number of nitrogens with one attached hydrogen (secondary N) is 1. The van der Waals surface area contributed by atoms with E-state index in [-0.39, 0.29) is 17.9 Å². The van der Waals surface area contributed by atoms with E-state index in [0.29, 0.717) is 18.5 Å². The maximum atomic E-state index is 13.6. The van der Waals surface area contributed by atoms with Crippen LogP contribution >= 0.6 is 0 Å². The van der Waals surface area contributed by atoms with E-state index in [2.05, 4.69) is 10.3 Å². The molecule has 2 aliphatic rings. The molecule has 2 aromatic rings. The van der Waals surface area contributed by atoms with E-state index in [4.69, 9.17) is 0 Å². The van der Waals surface area contributed by atoms with Gasteiger partial charge in [-0.25, -0.2) is 0 Å². The molecule has 30 heavy (non-hydrogen) atoms. The molecular weight excluding hydrogens is 374 g/mol. The first-order chi connectivity index (χ1) is 14.6. The Balaban J connectivity index is 1.62. The standard InChI is InChI=1S/C25H31N3O2/c1-25(24(30)27-21-12-5-3-2-4-6-13-21)16-20-11-7-8-14-22(20)23(29)28(25)18-19-10-9-15-26-17-19/h7-11,14-15,17,21H,2-6,12-13,16,18H2,1H3,(H,27,30)/t25-/m0/s1. The second kappa shape index (κ2) is 8.99. The zero-order chi connectivity index (χ0) is 21.0. The molecule has 0 unspecified atom stereocenters. The maximum Gasteiger partial charge on any atom is 0.255 e. The quantitative estimate of drug-likeness (QED) is 0.826. The summed E-state index contributed by atoms with van der Waals surface area (Å²) in [6.07, 6.45) is 12.1. The van der Waals surface area contributed by atoms with E-state index in [9.17, 15) is 9.59 Å². The van der Waals surface area contributed by atoms with Gasteiger partial charge in [0, 0.05) is 37.0 Å². The predicted molar refractivity (Wildman–Crippen MR) is 117 cm³/mol. The van der Waals surface area contributed by atoms with Crippen molar-refractivity contribution in [2.75, 3.05) is 0 Å². The molecule has 0 bridgehead atoms. The minimum atomic E-state index is -0.927. The summed E-state index contributed by atoms with van der Waals surface area (Å²) >= 11 is 0. The van der Waals surface area contributed by atoms with Crippen molar-refractivity contribution in [2.24, 2.45) is 0 Å². The van der Waals surface area contributed by atoms with Crippen LogP contribution in [0.2, 0.25) is 0 Å². The SMILES string of the molecule is C[C@@]1(C(=O)NC2CCCCCCC2)Cc2ccccc2C(=O)N1Cc1cccnc1.